The number of fused-ring (bicyclic) bond motifs is 1. The molecule has 2 aromatic rings. The topological polar surface area (TPSA) is 119 Å². The number of hydroxylamine groups is 1. The summed E-state index contributed by atoms with van der Waals surface area (Å²) in [6.07, 6.45) is 2.47. The van der Waals surface area contributed by atoms with Gasteiger partial charge in [-0.05, 0) is 47.6 Å². The van der Waals surface area contributed by atoms with Gasteiger partial charge in [0.1, 0.15) is 5.75 Å². The molecule has 0 aliphatic heterocycles. The molecule has 0 radical (unpaired) electrons. The summed E-state index contributed by atoms with van der Waals surface area (Å²) in [7, 11) is 0. The molecule has 2 aromatic carbocycles. The van der Waals surface area contributed by atoms with Crippen molar-refractivity contribution in [3.8, 4) is 5.75 Å². The number of hydrogen-bond donors (Lipinski definition) is 5. The summed E-state index contributed by atoms with van der Waals surface area (Å²) in [6.45, 7) is 0. The molecule has 5 N–H and O–H groups in total. The number of aliphatic hydroxyl groups excluding tert-OH is 1. The number of phenolic OH excluding ortho intramolecular Hbond substituents is 1. The van der Waals surface area contributed by atoms with E-state index in [-0.39, 0.29) is 18.1 Å². The number of phenols is 1. The Bertz CT molecular complexity index is 958. The molecule has 7 heteroatoms. The number of amides is 2. The molecule has 2 aliphatic carbocycles. The Labute approximate surface area is 181 Å². The first-order chi connectivity index (χ1) is 15.0. The van der Waals surface area contributed by atoms with Gasteiger partial charge in [-0.15, -0.1) is 0 Å². The molecule has 1 fully saturated rings. The molecule has 4 unspecified atom stereocenters. The molecule has 164 valence electrons. The average molecular weight is 424 g/mol. The Morgan fingerprint density at radius 1 is 1.03 bits per heavy atom. The molecule has 1 saturated carbocycles. The van der Waals surface area contributed by atoms with Crippen molar-refractivity contribution in [3.63, 3.8) is 0 Å². The third-order valence-corrected chi connectivity index (χ3v) is 6.42. The van der Waals surface area contributed by atoms with E-state index in [1.54, 1.807) is 29.7 Å². The van der Waals surface area contributed by atoms with Gasteiger partial charge in [-0.1, -0.05) is 49.2 Å². The first-order valence-electron chi connectivity index (χ1n) is 10.7. The molecule has 2 aliphatic rings. The van der Waals surface area contributed by atoms with Gasteiger partial charge in [0.25, 0.3) is 0 Å². The van der Waals surface area contributed by atoms with Crippen LogP contribution < -0.4 is 10.8 Å². The van der Waals surface area contributed by atoms with E-state index in [0.29, 0.717) is 18.8 Å². The van der Waals surface area contributed by atoms with Gasteiger partial charge < -0.3 is 15.5 Å². The largest absolute Gasteiger partial charge is 0.508 e. The number of benzene rings is 2. The first-order valence-corrected chi connectivity index (χ1v) is 10.7. The quantitative estimate of drug-likeness (QED) is 0.329. The predicted molar refractivity (Wildman–Crippen MR) is 113 cm³/mol. The Kier molecular flexibility index (Phi) is 6.25. The highest BCUT2D eigenvalue weighted by molar-refractivity contribution is 5.88. The summed E-state index contributed by atoms with van der Waals surface area (Å²) in [5.74, 6) is -1.96. The van der Waals surface area contributed by atoms with Crippen LogP contribution in [0.4, 0.5) is 0 Å². The van der Waals surface area contributed by atoms with Gasteiger partial charge in [-0.25, -0.2) is 5.48 Å². The zero-order valence-corrected chi connectivity index (χ0v) is 17.2. The molecule has 0 spiro atoms. The summed E-state index contributed by atoms with van der Waals surface area (Å²) in [5, 5.41) is 32.7. The fourth-order valence-electron chi connectivity index (χ4n) is 4.61. The molecule has 4 atom stereocenters. The lowest BCUT2D eigenvalue weighted by Crippen LogP contribution is -2.45. The number of carbonyl (C=O) groups is 2. The lowest BCUT2D eigenvalue weighted by atomic mass is 9.81. The van der Waals surface area contributed by atoms with Crippen molar-refractivity contribution in [1.29, 1.82) is 0 Å². The summed E-state index contributed by atoms with van der Waals surface area (Å²) in [4.78, 5) is 26.0. The number of carbonyl (C=O) groups excluding carboxylic acids is 2. The van der Waals surface area contributed by atoms with Crippen molar-refractivity contribution in [3.05, 3.63) is 65.2 Å². The highest BCUT2D eigenvalue weighted by Crippen LogP contribution is 2.39. The number of nitrogens with one attached hydrogen (secondary N) is 2. The smallest absolute Gasteiger partial charge is 0.247 e. The number of hydrogen-bond acceptors (Lipinski definition) is 5. The molecule has 0 heterocycles. The molecule has 0 saturated heterocycles. The van der Waals surface area contributed by atoms with Crippen LogP contribution in [-0.4, -0.2) is 33.3 Å². The molecule has 0 bridgehead atoms. The van der Waals surface area contributed by atoms with E-state index in [0.717, 1.165) is 29.5 Å². The summed E-state index contributed by atoms with van der Waals surface area (Å²) >= 11 is 0. The van der Waals surface area contributed by atoms with E-state index in [2.05, 4.69) is 5.32 Å². The molecular weight excluding hydrogens is 396 g/mol. The maximum atomic E-state index is 13.5. The van der Waals surface area contributed by atoms with E-state index in [1.807, 2.05) is 24.3 Å². The van der Waals surface area contributed by atoms with Crippen molar-refractivity contribution in [1.82, 2.24) is 10.8 Å². The summed E-state index contributed by atoms with van der Waals surface area (Å²) in [6, 6.07) is 13.7. The average Bonchev–Trinajstić information content (AvgIpc) is 3.53. The molecular formula is C24H28N2O5. The van der Waals surface area contributed by atoms with Crippen LogP contribution in [0.15, 0.2) is 48.5 Å². The zero-order chi connectivity index (χ0) is 22.0. The fraction of sp³-hybridized carbons (Fsp3) is 0.417. The Balaban J connectivity index is 1.60. The second-order valence-electron chi connectivity index (χ2n) is 8.70. The zero-order valence-electron chi connectivity index (χ0n) is 17.2. The van der Waals surface area contributed by atoms with E-state index >= 15 is 0 Å². The molecule has 7 nitrogen and oxygen atoms in total. The standard InChI is InChI=1S/C24H28N2O5/c27-17-6-3-4-15(10-17)12-19(20(24(30)26-31)11-14-8-9-14)23(29)25-22-18-7-2-1-5-16(18)13-21(22)28/h1-7,10,14,19-22,27-28,31H,8-9,11-13H2,(H,25,29)(H,26,30). The number of aliphatic hydroxyl groups is 1. The molecule has 4 rings (SSSR count). The summed E-state index contributed by atoms with van der Waals surface area (Å²) < 4.78 is 0. The van der Waals surface area contributed by atoms with Crippen LogP contribution in [0.2, 0.25) is 0 Å². The van der Waals surface area contributed by atoms with E-state index in [1.165, 1.54) is 0 Å². The molecule has 2 amide bonds. The van der Waals surface area contributed by atoms with Gasteiger partial charge >= 0.3 is 0 Å². The van der Waals surface area contributed by atoms with Gasteiger partial charge in [-0.3, -0.25) is 14.8 Å². The molecule has 0 aromatic heterocycles. The highest BCUT2D eigenvalue weighted by atomic mass is 16.5. The maximum Gasteiger partial charge on any atom is 0.247 e. The summed E-state index contributed by atoms with van der Waals surface area (Å²) in [5.41, 5.74) is 4.32. The highest BCUT2D eigenvalue weighted by Gasteiger charge is 2.40. The lowest BCUT2D eigenvalue weighted by Gasteiger charge is -2.28. The normalized spacial score (nSPS) is 21.7. The maximum absolute atomic E-state index is 13.5. The second-order valence-corrected chi connectivity index (χ2v) is 8.70. The minimum absolute atomic E-state index is 0.0853. The Hall–Kier alpha value is -2.90. The lowest BCUT2D eigenvalue weighted by molar-refractivity contribution is -0.141. The van der Waals surface area contributed by atoms with Gasteiger partial charge in [-0.2, -0.15) is 0 Å². The third kappa shape index (κ3) is 4.89. The first kappa shape index (κ1) is 21.3. The van der Waals surface area contributed by atoms with Crippen molar-refractivity contribution >= 4 is 11.8 Å². The van der Waals surface area contributed by atoms with Crippen LogP contribution in [-0.2, 0) is 22.4 Å². The van der Waals surface area contributed by atoms with Gasteiger partial charge in [0.05, 0.1) is 24.0 Å². The predicted octanol–water partition coefficient (Wildman–Crippen LogP) is 2.25. The number of aromatic hydroxyl groups is 1. The van der Waals surface area contributed by atoms with Crippen LogP contribution in [0.1, 0.15) is 42.0 Å². The van der Waals surface area contributed by atoms with Crippen molar-refractivity contribution in [2.45, 2.75) is 44.2 Å². The van der Waals surface area contributed by atoms with Crippen molar-refractivity contribution in [2.24, 2.45) is 17.8 Å². The van der Waals surface area contributed by atoms with Crippen LogP contribution >= 0.6 is 0 Å². The van der Waals surface area contributed by atoms with Crippen LogP contribution in [0.5, 0.6) is 5.75 Å². The fourth-order valence-corrected chi connectivity index (χ4v) is 4.61. The Morgan fingerprint density at radius 2 is 1.81 bits per heavy atom. The van der Waals surface area contributed by atoms with Crippen LogP contribution in [0.3, 0.4) is 0 Å². The van der Waals surface area contributed by atoms with Crippen LogP contribution in [0, 0.1) is 17.8 Å². The van der Waals surface area contributed by atoms with Crippen molar-refractivity contribution < 1.29 is 25.0 Å². The van der Waals surface area contributed by atoms with E-state index < -0.39 is 29.9 Å². The third-order valence-electron chi connectivity index (χ3n) is 6.42. The SMILES string of the molecule is O=C(NO)C(CC1CC1)C(Cc1cccc(O)c1)C(=O)NC1c2ccccc2CC1O. The van der Waals surface area contributed by atoms with Gasteiger partial charge in [0.2, 0.25) is 11.8 Å². The minimum Gasteiger partial charge on any atom is -0.508 e. The van der Waals surface area contributed by atoms with E-state index in [4.69, 9.17) is 0 Å². The van der Waals surface area contributed by atoms with Crippen LogP contribution in [0.25, 0.3) is 0 Å². The van der Waals surface area contributed by atoms with Crippen molar-refractivity contribution in [2.75, 3.05) is 0 Å². The monoisotopic (exact) mass is 424 g/mol. The number of rotatable bonds is 8. The van der Waals surface area contributed by atoms with Gasteiger partial charge in [0, 0.05) is 6.42 Å². The van der Waals surface area contributed by atoms with E-state index in [9.17, 15) is 25.0 Å². The minimum atomic E-state index is -0.755. The van der Waals surface area contributed by atoms with Gasteiger partial charge in [0.15, 0.2) is 0 Å². The molecule has 31 heavy (non-hydrogen) atoms. The Morgan fingerprint density at radius 3 is 2.52 bits per heavy atom. The second kappa shape index (κ2) is 9.08.